The number of para-hydroxylation sites is 1. The molecule has 0 radical (unpaired) electrons. The summed E-state index contributed by atoms with van der Waals surface area (Å²) >= 11 is 0. The standard InChI is InChI=1S/C49H35N/c1-49(2)45-22-11-9-20-40(45)44-31-43-35(30-46(44)49)24-25-42-41-21-10-12-23-47(41)50(48(42)43)39-19-13-18-34(29-39)38-27-36(32-14-5-3-6-15-32)26-37(28-38)33-16-7-4-8-17-33/h3-31H,1-2H3. The molecule has 1 aromatic heterocycles. The lowest BCUT2D eigenvalue weighted by Gasteiger charge is -2.21. The third kappa shape index (κ3) is 4.33. The summed E-state index contributed by atoms with van der Waals surface area (Å²) in [6.45, 7) is 4.72. The van der Waals surface area contributed by atoms with E-state index in [4.69, 9.17) is 0 Å². The highest BCUT2D eigenvalue weighted by Gasteiger charge is 2.35. The Morgan fingerprint density at radius 2 is 1.00 bits per heavy atom. The predicted molar refractivity (Wildman–Crippen MR) is 212 cm³/mol. The Morgan fingerprint density at radius 1 is 0.380 bits per heavy atom. The molecule has 1 heteroatoms. The Morgan fingerprint density at radius 3 is 1.74 bits per heavy atom. The number of rotatable bonds is 4. The highest BCUT2D eigenvalue weighted by Crippen LogP contribution is 2.51. The Balaban J connectivity index is 1.22. The molecule has 8 aromatic carbocycles. The average molecular weight is 638 g/mol. The number of hydrogen-bond donors (Lipinski definition) is 0. The molecule has 1 aliphatic rings. The van der Waals surface area contributed by atoms with E-state index in [2.05, 4.69) is 194 Å². The fourth-order valence-corrected chi connectivity index (χ4v) is 8.46. The van der Waals surface area contributed by atoms with Crippen LogP contribution < -0.4 is 0 Å². The van der Waals surface area contributed by atoms with Crippen LogP contribution in [0.3, 0.4) is 0 Å². The minimum atomic E-state index is -0.0387. The van der Waals surface area contributed by atoms with Crippen molar-refractivity contribution in [2.75, 3.05) is 0 Å². The zero-order valence-electron chi connectivity index (χ0n) is 28.2. The summed E-state index contributed by atoms with van der Waals surface area (Å²) in [5, 5.41) is 5.11. The van der Waals surface area contributed by atoms with Crippen molar-refractivity contribution in [3.63, 3.8) is 0 Å². The van der Waals surface area contributed by atoms with Gasteiger partial charge in [-0.2, -0.15) is 0 Å². The number of hydrogen-bond acceptors (Lipinski definition) is 0. The second kappa shape index (κ2) is 10.9. The zero-order chi connectivity index (χ0) is 33.4. The molecule has 0 saturated heterocycles. The van der Waals surface area contributed by atoms with Crippen molar-refractivity contribution in [2.24, 2.45) is 0 Å². The first-order chi connectivity index (χ1) is 24.5. The van der Waals surface area contributed by atoms with Crippen LogP contribution in [-0.4, -0.2) is 4.57 Å². The fraction of sp³-hybridized carbons (Fsp3) is 0.0612. The van der Waals surface area contributed by atoms with E-state index in [0.29, 0.717) is 0 Å². The molecule has 9 aromatic rings. The van der Waals surface area contributed by atoms with Crippen LogP contribution in [0.5, 0.6) is 0 Å². The smallest absolute Gasteiger partial charge is 0.0619 e. The first-order valence-corrected chi connectivity index (χ1v) is 17.5. The average Bonchev–Trinajstić information content (AvgIpc) is 3.63. The summed E-state index contributed by atoms with van der Waals surface area (Å²) in [7, 11) is 0. The summed E-state index contributed by atoms with van der Waals surface area (Å²) in [6.07, 6.45) is 0. The van der Waals surface area contributed by atoms with E-state index in [1.165, 1.54) is 88.2 Å². The Kier molecular flexibility index (Phi) is 6.29. The molecule has 0 bridgehead atoms. The molecule has 10 rings (SSSR count). The van der Waals surface area contributed by atoms with Gasteiger partial charge in [-0.3, -0.25) is 0 Å². The minimum Gasteiger partial charge on any atom is -0.309 e. The van der Waals surface area contributed by atoms with Gasteiger partial charge >= 0.3 is 0 Å². The molecule has 0 aliphatic heterocycles. The fourth-order valence-electron chi connectivity index (χ4n) is 8.46. The summed E-state index contributed by atoms with van der Waals surface area (Å²) < 4.78 is 2.49. The van der Waals surface area contributed by atoms with Crippen molar-refractivity contribution < 1.29 is 0 Å². The summed E-state index contributed by atoms with van der Waals surface area (Å²) in [5.74, 6) is 0. The molecule has 1 aliphatic carbocycles. The Labute approximate surface area is 292 Å². The van der Waals surface area contributed by atoms with Crippen molar-refractivity contribution in [1.29, 1.82) is 0 Å². The van der Waals surface area contributed by atoms with Crippen molar-refractivity contribution >= 4 is 32.6 Å². The molecule has 0 spiro atoms. The normalized spacial score (nSPS) is 13.2. The van der Waals surface area contributed by atoms with E-state index in [1.54, 1.807) is 0 Å². The Hall–Kier alpha value is -6.18. The SMILES string of the molecule is CC1(C)c2ccccc2-c2cc3c(ccc4c5ccccc5n(-c5cccc(-c6cc(-c7ccccc7)cc(-c7ccccc7)c6)c5)c34)cc21. The largest absolute Gasteiger partial charge is 0.309 e. The zero-order valence-corrected chi connectivity index (χ0v) is 28.2. The molecule has 0 fully saturated rings. The third-order valence-corrected chi connectivity index (χ3v) is 10.9. The van der Waals surface area contributed by atoms with Gasteiger partial charge in [-0.15, -0.1) is 0 Å². The second-order valence-electron chi connectivity index (χ2n) is 14.2. The molecule has 236 valence electrons. The van der Waals surface area contributed by atoms with Crippen LogP contribution >= 0.6 is 0 Å². The summed E-state index contributed by atoms with van der Waals surface area (Å²) in [6, 6.07) is 64.9. The van der Waals surface area contributed by atoms with Crippen LogP contribution in [-0.2, 0) is 5.41 Å². The topological polar surface area (TPSA) is 4.93 Å². The highest BCUT2D eigenvalue weighted by atomic mass is 15.0. The van der Waals surface area contributed by atoms with E-state index >= 15 is 0 Å². The van der Waals surface area contributed by atoms with Crippen LogP contribution in [0.2, 0.25) is 0 Å². The predicted octanol–water partition coefficient (Wildman–Crippen LogP) is 13.2. The number of fused-ring (bicyclic) bond motifs is 8. The molecule has 1 heterocycles. The van der Waals surface area contributed by atoms with Crippen LogP contribution in [0.1, 0.15) is 25.0 Å². The van der Waals surface area contributed by atoms with Crippen molar-refractivity contribution in [1.82, 2.24) is 4.57 Å². The van der Waals surface area contributed by atoms with Crippen LogP contribution in [0.25, 0.3) is 82.8 Å². The molecule has 0 saturated carbocycles. The maximum Gasteiger partial charge on any atom is 0.0619 e. The van der Waals surface area contributed by atoms with E-state index in [0.717, 1.165) is 5.69 Å². The molecule has 0 amide bonds. The van der Waals surface area contributed by atoms with Gasteiger partial charge in [-0.1, -0.05) is 141 Å². The lowest BCUT2D eigenvalue weighted by Crippen LogP contribution is -2.14. The molecule has 0 N–H and O–H groups in total. The maximum absolute atomic E-state index is 2.49. The van der Waals surface area contributed by atoms with Gasteiger partial charge in [0.05, 0.1) is 11.0 Å². The van der Waals surface area contributed by atoms with Gasteiger partial charge in [0.25, 0.3) is 0 Å². The van der Waals surface area contributed by atoms with Crippen LogP contribution in [0.15, 0.2) is 176 Å². The van der Waals surface area contributed by atoms with Gasteiger partial charge in [-0.05, 0) is 110 Å². The monoisotopic (exact) mass is 637 g/mol. The summed E-state index contributed by atoms with van der Waals surface area (Å²) in [5.41, 5.74) is 16.4. The van der Waals surface area contributed by atoms with Gasteiger partial charge in [-0.25, -0.2) is 0 Å². The van der Waals surface area contributed by atoms with Crippen molar-refractivity contribution in [3.8, 4) is 50.2 Å². The van der Waals surface area contributed by atoms with E-state index in [1.807, 2.05) is 0 Å². The Bertz CT molecular complexity index is 2710. The van der Waals surface area contributed by atoms with E-state index in [-0.39, 0.29) is 5.41 Å². The quantitative estimate of drug-likeness (QED) is 0.181. The van der Waals surface area contributed by atoms with Gasteiger partial charge in [0.1, 0.15) is 0 Å². The van der Waals surface area contributed by atoms with Gasteiger partial charge in [0.2, 0.25) is 0 Å². The number of benzene rings is 8. The molecule has 50 heavy (non-hydrogen) atoms. The van der Waals surface area contributed by atoms with Gasteiger partial charge < -0.3 is 4.57 Å². The van der Waals surface area contributed by atoms with Crippen molar-refractivity contribution in [2.45, 2.75) is 19.3 Å². The van der Waals surface area contributed by atoms with Crippen LogP contribution in [0.4, 0.5) is 0 Å². The molecule has 0 unspecified atom stereocenters. The molecule has 0 atom stereocenters. The summed E-state index contributed by atoms with van der Waals surface area (Å²) in [4.78, 5) is 0. The van der Waals surface area contributed by atoms with Gasteiger partial charge in [0, 0.05) is 27.3 Å². The lowest BCUT2D eigenvalue weighted by atomic mass is 9.82. The van der Waals surface area contributed by atoms with E-state index in [9.17, 15) is 0 Å². The van der Waals surface area contributed by atoms with Crippen LogP contribution in [0, 0.1) is 0 Å². The molecular weight excluding hydrogens is 603 g/mol. The third-order valence-electron chi connectivity index (χ3n) is 10.9. The first kappa shape index (κ1) is 28.8. The van der Waals surface area contributed by atoms with Gasteiger partial charge in [0.15, 0.2) is 0 Å². The first-order valence-electron chi connectivity index (χ1n) is 17.5. The molecular formula is C49H35N. The second-order valence-corrected chi connectivity index (χ2v) is 14.2. The lowest BCUT2D eigenvalue weighted by molar-refractivity contribution is 0.661. The van der Waals surface area contributed by atoms with Crippen molar-refractivity contribution in [3.05, 3.63) is 187 Å². The van der Waals surface area contributed by atoms with E-state index < -0.39 is 0 Å². The number of aromatic nitrogens is 1. The molecule has 1 nitrogen and oxygen atoms in total. The minimum absolute atomic E-state index is 0.0387. The maximum atomic E-state index is 2.49. The highest BCUT2D eigenvalue weighted by molar-refractivity contribution is 6.19. The number of nitrogens with zero attached hydrogens (tertiary/aromatic N) is 1.